The molecule has 1 fully saturated rings. The summed E-state index contributed by atoms with van der Waals surface area (Å²) in [5.41, 5.74) is 10.2. The van der Waals surface area contributed by atoms with Crippen molar-refractivity contribution in [2.24, 2.45) is 0 Å². The molecule has 4 aromatic carbocycles. The minimum atomic E-state index is -0.271. The summed E-state index contributed by atoms with van der Waals surface area (Å²) in [6.07, 6.45) is 7.48. The molecular formula is C43H47N3O6. The normalized spacial score (nSPS) is 14.5. The number of nitrogens with zero attached hydrogens (tertiary/aromatic N) is 3. The lowest BCUT2D eigenvalue weighted by molar-refractivity contribution is 0.201. The molecule has 1 aromatic heterocycles. The number of piperidine rings is 1. The van der Waals surface area contributed by atoms with E-state index in [0.717, 1.165) is 67.8 Å². The molecule has 1 aliphatic carbocycles. The van der Waals surface area contributed by atoms with Gasteiger partial charge in [0.1, 0.15) is 0 Å². The fraction of sp³-hybridized carbons (Fsp3) is 0.326. The Hall–Kier alpha value is -5.41. The summed E-state index contributed by atoms with van der Waals surface area (Å²) < 4.78 is 22.0. The van der Waals surface area contributed by atoms with E-state index in [2.05, 4.69) is 63.3 Å². The van der Waals surface area contributed by atoms with Crippen LogP contribution in [0.5, 0.6) is 34.5 Å². The summed E-state index contributed by atoms with van der Waals surface area (Å²) in [6.45, 7) is 3.61. The molecule has 5 aromatic rings. The number of methoxy groups -OCH3 is 4. The zero-order chi connectivity index (χ0) is 36.2. The maximum atomic E-state index is 10.2. The van der Waals surface area contributed by atoms with Crippen LogP contribution in [0.25, 0.3) is 22.4 Å². The molecule has 2 heterocycles. The molecule has 270 valence electrons. The van der Waals surface area contributed by atoms with E-state index in [1.165, 1.54) is 48.4 Å². The van der Waals surface area contributed by atoms with Gasteiger partial charge in [0.15, 0.2) is 23.0 Å². The van der Waals surface area contributed by atoms with E-state index in [9.17, 15) is 10.2 Å². The number of aromatic hydroxyl groups is 2. The number of hydrogen-bond acceptors (Lipinski definition) is 9. The van der Waals surface area contributed by atoms with Crippen LogP contribution in [0.3, 0.4) is 0 Å². The van der Waals surface area contributed by atoms with Gasteiger partial charge >= 0.3 is 0 Å². The zero-order valence-electron chi connectivity index (χ0n) is 30.4. The molecule has 0 saturated carbocycles. The molecule has 1 saturated heterocycles. The van der Waals surface area contributed by atoms with Gasteiger partial charge in [-0.05, 0) is 114 Å². The van der Waals surface area contributed by atoms with Crippen molar-refractivity contribution in [3.8, 4) is 56.9 Å². The number of anilines is 1. The van der Waals surface area contributed by atoms with E-state index in [-0.39, 0.29) is 17.2 Å². The molecule has 52 heavy (non-hydrogen) atoms. The molecule has 9 nitrogen and oxygen atoms in total. The SMILES string of the molecule is COc1cc(-c2cc(CN3CCC(N(Cc4ccc(-c5cc(OC)c(OC)c(OC)c5)cc4)c4ccc5c(c4)CCC5)CC3)ccn2)cc(O)c1O. The number of rotatable bonds is 12. The number of benzene rings is 4. The highest BCUT2D eigenvalue weighted by Gasteiger charge is 2.27. The summed E-state index contributed by atoms with van der Waals surface area (Å²) in [4.78, 5) is 9.67. The number of phenols is 2. The second-order valence-corrected chi connectivity index (χ2v) is 13.6. The van der Waals surface area contributed by atoms with Crippen LogP contribution in [0.2, 0.25) is 0 Å². The van der Waals surface area contributed by atoms with E-state index in [1.54, 1.807) is 33.6 Å². The molecule has 9 heteroatoms. The average molecular weight is 702 g/mol. The number of hydrogen-bond donors (Lipinski definition) is 2. The van der Waals surface area contributed by atoms with E-state index in [4.69, 9.17) is 18.9 Å². The Balaban J connectivity index is 1.07. The standard InChI is InChI=1S/C43H47N3O6/c1-49-39-25-34(22-38(47)42(39)48)37-20-29(14-17-44-37)26-45-18-15-35(16-19-45)46(36-13-12-30-6-5-7-32(30)21-36)27-28-8-10-31(11-9-28)33-23-40(50-2)43(52-4)41(24-33)51-3/h8-14,17,20-25,35,47-48H,5-7,15-16,18-19,26-27H2,1-4H3. The highest BCUT2D eigenvalue weighted by atomic mass is 16.5. The summed E-state index contributed by atoms with van der Waals surface area (Å²) in [5.74, 6) is 1.57. The number of phenolic OH excluding ortho intramolecular Hbond substituents is 2. The highest BCUT2D eigenvalue weighted by Crippen LogP contribution is 2.42. The number of aryl methyl sites for hydroxylation is 2. The van der Waals surface area contributed by atoms with Gasteiger partial charge in [-0.1, -0.05) is 30.3 Å². The molecule has 1 aliphatic heterocycles. The van der Waals surface area contributed by atoms with E-state index in [1.807, 2.05) is 18.2 Å². The number of fused-ring (bicyclic) bond motifs is 1. The molecule has 2 aliphatic rings. The van der Waals surface area contributed by atoms with Crippen molar-refractivity contribution >= 4 is 5.69 Å². The van der Waals surface area contributed by atoms with E-state index in [0.29, 0.717) is 28.9 Å². The number of aromatic nitrogens is 1. The predicted octanol–water partition coefficient (Wildman–Crippen LogP) is 8.02. The van der Waals surface area contributed by atoms with Gasteiger partial charge in [-0.3, -0.25) is 9.88 Å². The quantitative estimate of drug-likeness (QED) is 0.125. The van der Waals surface area contributed by atoms with Crippen molar-refractivity contribution in [3.63, 3.8) is 0 Å². The second-order valence-electron chi connectivity index (χ2n) is 13.6. The predicted molar refractivity (Wildman–Crippen MR) is 204 cm³/mol. The minimum absolute atomic E-state index is 0.215. The molecule has 0 unspecified atom stereocenters. The lowest BCUT2D eigenvalue weighted by Crippen LogP contribution is -2.44. The molecule has 0 amide bonds. The monoisotopic (exact) mass is 701 g/mol. The van der Waals surface area contributed by atoms with Gasteiger partial charge < -0.3 is 34.1 Å². The number of likely N-dealkylation sites (tertiary alicyclic amines) is 1. The molecule has 0 spiro atoms. The van der Waals surface area contributed by atoms with Gasteiger partial charge in [0.25, 0.3) is 0 Å². The first-order chi connectivity index (χ1) is 25.4. The third-order valence-electron chi connectivity index (χ3n) is 10.5. The number of ether oxygens (including phenoxy) is 4. The summed E-state index contributed by atoms with van der Waals surface area (Å²) in [7, 11) is 6.36. The van der Waals surface area contributed by atoms with Gasteiger partial charge in [0.2, 0.25) is 11.5 Å². The van der Waals surface area contributed by atoms with Crippen LogP contribution in [0, 0.1) is 0 Å². The summed E-state index contributed by atoms with van der Waals surface area (Å²) in [6, 6.07) is 27.6. The average Bonchev–Trinajstić information content (AvgIpc) is 3.66. The smallest absolute Gasteiger partial charge is 0.203 e. The fourth-order valence-corrected chi connectivity index (χ4v) is 7.69. The van der Waals surface area contributed by atoms with Gasteiger partial charge in [0, 0.05) is 49.7 Å². The summed E-state index contributed by atoms with van der Waals surface area (Å²) >= 11 is 0. The third kappa shape index (κ3) is 7.32. The molecule has 7 rings (SSSR count). The second kappa shape index (κ2) is 15.5. The van der Waals surface area contributed by atoms with Crippen molar-refractivity contribution in [2.45, 2.75) is 51.2 Å². The molecular weight excluding hydrogens is 654 g/mol. The van der Waals surface area contributed by atoms with Gasteiger partial charge in [-0.25, -0.2) is 0 Å². The van der Waals surface area contributed by atoms with Gasteiger partial charge in [-0.15, -0.1) is 0 Å². The van der Waals surface area contributed by atoms with Crippen molar-refractivity contribution < 1.29 is 29.2 Å². The van der Waals surface area contributed by atoms with E-state index < -0.39 is 0 Å². The maximum Gasteiger partial charge on any atom is 0.203 e. The first-order valence-electron chi connectivity index (χ1n) is 17.9. The molecule has 0 atom stereocenters. The Kier molecular flexibility index (Phi) is 10.4. The summed E-state index contributed by atoms with van der Waals surface area (Å²) in [5, 5.41) is 20.3. The zero-order valence-corrected chi connectivity index (χ0v) is 30.4. The van der Waals surface area contributed by atoms with Crippen LogP contribution in [-0.4, -0.2) is 67.7 Å². The lowest BCUT2D eigenvalue weighted by Gasteiger charge is -2.40. The van der Waals surface area contributed by atoms with Crippen LogP contribution < -0.4 is 23.8 Å². The van der Waals surface area contributed by atoms with Crippen LogP contribution in [-0.2, 0) is 25.9 Å². The van der Waals surface area contributed by atoms with Gasteiger partial charge in [0.05, 0.1) is 34.1 Å². The lowest BCUT2D eigenvalue weighted by atomic mass is 9.98. The Morgan fingerprint density at radius 2 is 1.38 bits per heavy atom. The van der Waals surface area contributed by atoms with Crippen LogP contribution in [0.4, 0.5) is 5.69 Å². The largest absolute Gasteiger partial charge is 0.504 e. The molecule has 0 bridgehead atoms. The van der Waals surface area contributed by atoms with Crippen molar-refractivity contribution in [1.29, 1.82) is 0 Å². The Bertz CT molecular complexity index is 2000. The minimum Gasteiger partial charge on any atom is -0.504 e. The first kappa shape index (κ1) is 35.0. The van der Waals surface area contributed by atoms with Crippen molar-refractivity contribution in [3.05, 3.63) is 107 Å². The Morgan fingerprint density at radius 1 is 0.692 bits per heavy atom. The highest BCUT2D eigenvalue weighted by molar-refractivity contribution is 5.71. The molecule has 2 N–H and O–H groups in total. The first-order valence-corrected chi connectivity index (χ1v) is 17.9. The third-order valence-corrected chi connectivity index (χ3v) is 10.5. The van der Waals surface area contributed by atoms with Crippen molar-refractivity contribution in [2.75, 3.05) is 46.4 Å². The topological polar surface area (TPSA) is 96.8 Å². The van der Waals surface area contributed by atoms with Crippen molar-refractivity contribution in [1.82, 2.24) is 9.88 Å². The Morgan fingerprint density at radius 3 is 2.08 bits per heavy atom. The van der Waals surface area contributed by atoms with E-state index >= 15 is 0 Å². The molecule has 0 radical (unpaired) electrons. The van der Waals surface area contributed by atoms with Crippen LogP contribution >= 0.6 is 0 Å². The van der Waals surface area contributed by atoms with Crippen LogP contribution in [0.1, 0.15) is 41.5 Å². The maximum absolute atomic E-state index is 10.2. The van der Waals surface area contributed by atoms with Crippen LogP contribution in [0.15, 0.2) is 85.1 Å². The Labute approximate surface area is 306 Å². The number of pyridine rings is 1. The fourth-order valence-electron chi connectivity index (χ4n) is 7.69. The van der Waals surface area contributed by atoms with Gasteiger partial charge in [-0.2, -0.15) is 0 Å².